The number of fused-ring (bicyclic) bond motifs is 10. The molecule has 9 aromatic carbocycles. The third-order valence-electron chi connectivity index (χ3n) is 11.1. The molecule has 0 spiro atoms. The van der Waals surface area contributed by atoms with Gasteiger partial charge in [-0.3, -0.25) is 0 Å². The Labute approximate surface area is 325 Å². The van der Waals surface area contributed by atoms with E-state index in [0.29, 0.717) is 17.5 Å². The van der Waals surface area contributed by atoms with E-state index in [4.69, 9.17) is 19.4 Å². The van der Waals surface area contributed by atoms with Gasteiger partial charge in [0.2, 0.25) is 0 Å². The molecule has 0 aliphatic heterocycles. The van der Waals surface area contributed by atoms with Gasteiger partial charge in [0.05, 0.1) is 0 Å². The number of furan rings is 1. The van der Waals surface area contributed by atoms with E-state index in [2.05, 4.69) is 176 Å². The number of hydrogen-bond acceptors (Lipinski definition) is 5. The highest BCUT2D eigenvalue weighted by molar-refractivity contribution is 7.26. The molecular weight excluding hydrogens is 703 g/mol. The van der Waals surface area contributed by atoms with Crippen molar-refractivity contribution in [3.63, 3.8) is 0 Å². The summed E-state index contributed by atoms with van der Waals surface area (Å²) >= 11 is 1.86. The van der Waals surface area contributed by atoms with E-state index in [1.807, 2.05) is 11.3 Å². The van der Waals surface area contributed by atoms with Crippen molar-refractivity contribution >= 4 is 85.8 Å². The molecule has 0 unspecified atom stereocenters. The second-order valence-corrected chi connectivity index (χ2v) is 15.4. The summed E-state index contributed by atoms with van der Waals surface area (Å²) in [6, 6.07) is 62.0. The van der Waals surface area contributed by atoms with Crippen LogP contribution >= 0.6 is 11.3 Å². The number of hydrogen-bond donors (Lipinski definition) is 0. The Balaban J connectivity index is 1.08. The number of aromatic nitrogens is 3. The summed E-state index contributed by atoms with van der Waals surface area (Å²) in [6.45, 7) is 0. The van der Waals surface area contributed by atoms with Gasteiger partial charge in [-0.05, 0) is 56.8 Å². The van der Waals surface area contributed by atoms with Gasteiger partial charge in [0.1, 0.15) is 11.2 Å². The first kappa shape index (κ1) is 31.2. The molecule has 0 saturated carbocycles. The highest BCUT2D eigenvalue weighted by Gasteiger charge is 2.20. The van der Waals surface area contributed by atoms with Gasteiger partial charge in [0, 0.05) is 58.6 Å². The lowest BCUT2D eigenvalue weighted by atomic mass is 9.94. The van der Waals surface area contributed by atoms with Crippen LogP contribution in [0.1, 0.15) is 0 Å². The summed E-state index contributed by atoms with van der Waals surface area (Å²) in [5, 5.41) is 11.4. The fourth-order valence-electron chi connectivity index (χ4n) is 8.51. The maximum atomic E-state index is 6.83. The van der Waals surface area contributed by atoms with Crippen molar-refractivity contribution in [2.24, 2.45) is 0 Å². The lowest BCUT2D eigenvalue weighted by Gasteiger charge is -2.11. The lowest BCUT2D eigenvalue weighted by Crippen LogP contribution is -2.01. The fourth-order valence-corrected chi connectivity index (χ4v) is 9.74. The maximum absolute atomic E-state index is 6.83. The van der Waals surface area contributed by atoms with Gasteiger partial charge in [0.25, 0.3) is 0 Å². The molecule has 3 aromatic heterocycles. The summed E-state index contributed by atoms with van der Waals surface area (Å²) in [4.78, 5) is 15.5. The van der Waals surface area contributed by atoms with E-state index < -0.39 is 0 Å². The Morgan fingerprint density at radius 1 is 0.357 bits per heavy atom. The molecule has 3 heterocycles. The van der Waals surface area contributed by atoms with Crippen molar-refractivity contribution in [2.75, 3.05) is 0 Å². The molecule has 0 saturated heterocycles. The number of benzene rings is 9. The zero-order chi connectivity index (χ0) is 36.7. The molecule has 12 aromatic rings. The summed E-state index contributed by atoms with van der Waals surface area (Å²) in [5.41, 5.74) is 6.90. The largest absolute Gasteiger partial charge is 0.455 e. The van der Waals surface area contributed by atoms with Gasteiger partial charge in [-0.1, -0.05) is 152 Å². The Morgan fingerprint density at radius 3 is 1.64 bits per heavy atom. The van der Waals surface area contributed by atoms with Crippen LogP contribution < -0.4 is 0 Å². The molecule has 0 fully saturated rings. The first-order chi connectivity index (χ1) is 27.7. The van der Waals surface area contributed by atoms with Crippen molar-refractivity contribution in [1.29, 1.82) is 0 Å². The number of rotatable bonds is 4. The highest BCUT2D eigenvalue weighted by atomic mass is 32.1. The molecule has 4 nitrogen and oxygen atoms in total. The van der Waals surface area contributed by atoms with Crippen LogP contribution in [0.3, 0.4) is 0 Å². The second-order valence-electron chi connectivity index (χ2n) is 14.3. The Morgan fingerprint density at radius 2 is 0.911 bits per heavy atom. The minimum absolute atomic E-state index is 0.593. The monoisotopic (exact) mass is 731 g/mol. The molecule has 0 radical (unpaired) electrons. The van der Waals surface area contributed by atoms with Gasteiger partial charge in [-0.2, -0.15) is 0 Å². The summed E-state index contributed by atoms with van der Waals surface area (Å²) < 4.78 is 9.43. The molecule has 0 atom stereocenters. The van der Waals surface area contributed by atoms with E-state index in [9.17, 15) is 0 Å². The molecule has 0 N–H and O–H groups in total. The van der Waals surface area contributed by atoms with Crippen LogP contribution in [0.15, 0.2) is 180 Å². The van der Waals surface area contributed by atoms with Gasteiger partial charge < -0.3 is 4.42 Å². The normalized spacial score (nSPS) is 11.9. The van der Waals surface area contributed by atoms with E-state index in [1.165, 1.54) is 36.7 Å². The molecule has 0 bridgehead atoms. The van der Waals surface area contributed by atoms with Crippen LogP contribution in [-0.2, 0) is 0 Å². The molecule has 0 aliphatic rings. The zero-order valence-electron chi connectivity index (χ0n) is 29.9. The number of nitrogens with zero attached hydrogens (tertiary/aromatic N) is 3. The quantitative estimate of drug-likeness (QED) is 0.181. The van der Waals surface area contributed by atoms with Crippen LogP contribution in [-0.4, -0.2) is 15.0 Å². The van der Waals surface area contributed by atoms with Crippen molar-refractivity contribution < 1.29 is 4.42 Å². The van der Waals surface area contributed by atoms with Gasteiger partial charge in [0.15, 0.2) is 17.5 Å². The van der Waals surface area contributed by atoms with Crippen molar-refractivity contribution in [3.8, 4) is 45.3 Å². The molecular formula is C51H29N3OS. The van der Waals surface area contributed by atoms with Gasteiger partial charge in [-0.25, -0.2) is 15.0 Å². The summed E-state index contributed by atoms with van der Waals surface area (Å²) in [7, 11) is 0. The van der Waals surface area contributed by atoms with E-state index >= 15 is 0 Å². The first-order valence-electron chi connectivity index (χ1n) is 18.8. The minimum Gasteiger partial charge on any atom is -0.455 e. The minimum atomic E-state index is 0.593. The van der Waals surface area contributed by atoms with Crippen LogP contribution in [0.25, 0.3) is 120 Å². The average Bonchev–Trinajstić information content (AvgIpc) is 3.84. The Kier molecular flexibility index (Phi) is 6.76. The molecule has 56 heavy (non-hydrogen) atoms. The van der Waals surface area contributed by atoms with Crippen molar-refractivity contribution in [1.82, 2.24) is 15.0 Å². The van der Waals surface area contributed by atoms with Crippen LogP contribution in [0, 0.1) is 0 Å². The first-order valence-corrected chi connectivity index (χ1v) is 19.6. The third kappa shape index (κ3) is 4.75. The lowest BCUT2D eigenvalue weighted by molar-refractivity contribution is 0.673. The Hall–Kier alpha value is -7.21. The van der Waals surface area contributed by atoms with E-state index in [1.54, 1.807) is 0 Å². The van der Waals surface area contributed by atoms with E-state index in [-0.39, 0.29) is 0 Å². The number of thiophene rings is 1. The molecule has 12 rings (SSSR count). The van der Waals surface area contributed by atoms with Crippen molar-refractivity contribution in [3.05, 3.63) is 176 Å². The van der Waals surface area contributed by atoms with Gasteiger partial charge in [-0.15, -0.1) is 11.3 Å². The third-order valence-corrected chi connectivity index (χ3v) is 12.3. The van der Waals surface area contributed by atoms with E-state index in [0.717, 1.165) is 65.6 Å². The SMILES string of the molecule is c1ccc2c(-c3nc(-c4ccc5c(c4)oc4c6ccccc6c(-c6cccc7c6sc6ccccc67)cc54)nc(-c4cccc5ccccc45)n3)cccc2c1. The molecule has 5 heteroatoms. The Bertz CT molecular complexity index is 3450. The summed E-state index contributed by atoms with van der Waals surface area (Å²) in [6.07, 6.45) is 0. The molecule has 0 amide bonds. The standard InChI is InChI=1S/C51H29N3OS/c1-3-16-33-30(12-1)14-9-23-41(33)50-52-49(53-51(54-50)42-24-10-15-31-13-2-4-17-34(31)42)32-26-27-36-44-29-43(35-18-5-6-20-38(35)47(44)55-45(36)28-32)40-22-11-21-39-37-19-7-8-25-46(37)56-48(39)40/h1-29H. The smallest absolute Gasteiger partial charge is 0.164 e. The second kappa shape index (κ2) is 12.2. The predicted molar refractivity (Wildman–Crippen MR) is 234 cm³/mol. The highest BCUT2D eigenvalue weighted by Crippen LogP contribution is 2.45. The fraction of sp³-hybridized carbons (Fsp3) is 0. The topological polar surface area (TPSA) is 51.8 Å². The molecule has 0 aliphatic carbocycles. The van der Waals surface area contributed by atoms with Crippen LogP contribution in [0.2, 0.25) is 0 Å². The van der Waals surface area contributed by atoms with Gasteiger partial charge >= 0.3 is 0 Å². The van der Waals surface area contributed by atoms with Crippen LogP contribution in [0.5, 0.6) is 0 Å². The molecule has 260 valence electrons. The summed E-state index contributed by atoms with van der Waals surface area (Å²) in [5.74, 6) is 1.85. The zero-order valence-corrected chi connectivity index (χ0v) is 30.7. The predicted octanol–water partition coefficient (Wildman–Crippen LogP) is 14.3. The van der Waals surface area contributed by atoms with Crippen LogP contribution in [0.4, 0.5) is 0 Å². The maximum Gasteiger partial charge on any atom is 0.164 e. The average molecular weight is 732 g/mol. The van der Waals surface area contributed by atoms with Crippen molar-refractivity contribution in [2.45, 2.75) is 0 Å².